The van der Waals surface area contributed by atoms with Gasteiger partial charge in [-0.05, 0) is 10.6 Å². The van der Waals surface area contributed by atoms with Gasteiger partial charge in [0, 0.05) is 4.91 Å². The van der Waals surface area contributed by atoms with Crippen LogP contribution in [0.1, 0.15) is 0 Å². The van der Waals surface area contributed by atoms with Crippen molar-refractivity contribution in [2.24, 2.45) is 15.9 Å². The third-order valence-corrected chi connectivity index (χ3v) is 1.16. The van der Waals surface area contributed by atoms with Crippen LogP contribution >= 0.6 is 0 Å². The molecule has 0 aromatic carbocycles. The molecule has 0 unspecified atom stereocenters. The number of azide groups is 1. The first-order chi connectivity index (χ1) is 7.04. The molecule has 0 spiro atoms. The molecule has 0 saturated heterocycles. The van der Waals surface area contributed by atoms with Crippen LogP contribution in [-0.2, 0) is 0 Å². The number of nitrogens with two attached hydrogens (primary N) is 2. The molecule has 0 amide bonds. The maximum atomic E-state index is 9.98. The number of hydrazone groups is 1. The molecule has 4 N–H and O–H groups in total. The number of nitro groups is 1. The molecule has 15 heavy (non-hydrogen) atoms. The average Bonchev–Trinajstić information content (AvgIpc) is 2.46. The molecular weight excluding hydrogens is 208 g/mol. The molecule has 0 aliphatic carbocycles. The molecule has 1 heterocycles. The fourth-order valence-corrected chi connectivity index (χ4v) is 0.690. The second-order valence-electron chi connectivity index (χ2n) is 2.07. The number of nitrogens with zero attached hydrogens (tertiary/aromatic N) is 8. The monoisotopic (exact) mass is 212 g/mol. The predicted molar refractivity (Wildman–Crippen MR) is 47.3 cm³/mol. The first kappa shape index (κ1) is 10.2. The molecule has 0 saturated carbocycles. The van der Waals surface area contributed by atoms with Crippen molar-refractivity contribution < 1.29 is 5.03 Å². The Morgan fingerprint density at radius 2 is 2.40 bits per heavy atom. The Balaban J connectivity index is 3.15. The van der Waals surface area contributed by atoms with Crippen molar-refractivity contribution in [3.05, 3.63) is 20.6 Å². The van der Waals surface area contributed by atoms with Crippen molar-refractivity contribution in [3.8, 4) is 0 Å². The number of anilines is 1. The Morgan fingerprint density at radius 1 is 1.73 bits per heavy atom. The normalized spacial score (nSPS) is 10.8. The first-order valence-electron chi connectivity index (χ1n) is 3.31. The maximum absolute atomic E-state index is 9.98. The molecule has 0 aliphatic heterocycles. The minimum Gasteiger partial charge on any atom is -0.368 e. The van der Waals surface area contributed by atoms with Gasteiger partial charge in [0.1, 0.15) is 5.10 Å². The zero-order valence-electron chi connectivity index (χ0n) is 7.05. The lowest BCUT2D eigenvalue weighted by molar-refractivity contribution is -0.485. The van der Waals surface area contributed by atoms with Crippen molar-refractivity contribution in [3.63, 3.8) is 0 Å². The predicted octanol–water partition coefficient (Wildman–Crippen LogP) is -0.843. The maximum Gasteiger partial charge on any atom is 0.296 e. The fraction of sp³-hybridized carbons (Fsp3) is 0. The van der Waals surface area contributed by atoms with Gasteiger partial charge in [-0.3, -0.25) is 0 Å². The molecule has 12 nitrogen and oxygen atoms in total. The molecule has 0 bridgehead atoms. The lowest BCUT2D eigenvalue weighted by atomic mass is 10.9. The molecule has 1 rings (SSSR count). The minimum atomic E-state index is -1.02. The summed E-state index contributed by atoms with van der Waals surface area (Å²) in [7, 11) is 0. The molecule has 0 radical (unpaired) electrons. The number of rotatable bonds is 2. The summed E-state index contributed by atoms with van der Waals surface area (Å²) in [6.07, 6.45) is 0. The largest absolute Gasteiger partial charge is 0.368 e. The van der Waals surface area contributed by atoms with Crippen LogP contribution in [0.3, 0.4) is 0 Å². The van der Waals surface area contributed by atoms with E-state index in [0.717, 1.165) is 0 Å². The van der Waals surface area contributed by atoms with Gasteiger partial charge in [0.25, 0.3) is 5.96 Å². The minimum absolute atomic E-state index is 0.277. The van der Waals surface area contributed by atoms with Gasteiger partial charge in [0.15, 0.2) is 5.03 Å². The Bertz CT molecular complexity index is 465. The van der Waals surface area contributed by atoms with E-state index in [-0.39, 0.29) is 11.9 Å². The number of aromatic nitrogens is 3. The number of hydrogen-bond acceptors (Lipinski definition) is 6. The van der Waals surface area contributed by atoms with Gasteiger partial charge in [-0.1, -0.05) is 0 Å². The number of hydrogen-bond donors (Lipinski definition) is 2. The summed E-state index contributed by atoms with van der Waals surface area (Å²) in [4.78, 5) is 15.8. The zero-order valence-corrected chi connectivity index (χ0v) is 7.05. The van der Waals surface area contributed by atoms with Crippen molar-refractivity contribution >= 4 is 17.9 Å². The Hall–Kier alpha value is -2.88. The van der Waals surface area contributed by atoms with Crippen molar-refractivity contribution in [1.82, 2.24) is 14.8 Å². The van der Waals surface area contributed by atoms with Gasteiger partial charge in [-0.2, -0.15) is 9.67 Å². The van der Waals surface area contributed by atoms with Crippen LogP contribution in [0.4, 0.5) is 11.9 Å². The van der Waals surface area contributed by atoms with E-state index in [1.165, 1.54) is 0 Å². The third kappa shape index (κ3) is 2.28. The third-order valence-electron chi connectivity index (χ3n) is 1.16. The van der Waals surface area contributed by atoms with E-state index < -0.39 is 11.0 Å². The summed E-state index contributed by atoms with van der Waals surface area (Å²) in [5.74, 6) is -1.18. The standard InChI is InChI=1S/C3H4N10O2/c4-1-7-3(8-11-6)10-12(1)2(5)9-13(14)15/h(H2,5,9)(H2,4,7,10). The van der Waals surface area contributed by atoms with Crippen molar-refractivity contribution in [1.29, 1.82) is 0 Å². The molecule has 0 fully saturated rings. The van der Waals surface area contributed by atoms with E-state index in [1.807, 2.05) is 0 Å². The molecule has 1 aromatic heterocycles. The van der Waals surface area contributed by atoms with Crippen LogP contribution < -0.4 is 11.5 Å². The summed E-state index contributed by atoms with van der Waals surface area (Å²) < 4.78 is 0.673. The second kappa shape index (κ2) is 3.89. The smallest absolute Gasteiger partial charge is 0.296 e. The molecule has 0 aliphatic rings. The van der Waals surface area contributed by atoms with Gasteiger partial charge in [-0.25, -0.2) is 10.1 Å². The van der Waals surface area contributed by atoms with Gasteiger partial charge < -0.3 is 11.5 Å². The summed E-state index contributed by atoms with van der Waals surface area (Å²) in [6, 6.07) is 0. The Kier molecular flexibility index (Phi) is 2.64. The van der Waals surface area contributed by atoms with Crippen LogP contribution in [-0.4, -0.2) is 25.8 Å². The van der Waals surface area contributed by atoms with Gasteiger partial charge >= 0.3 is 0 Å². The average molecular weight is 212 g/mol. The van der Waals surface area contributed by atoms with Crippen molar-refractivity contribution in [2.45, 2.75) is 0 Å². The highest BCUT2D eigenvalue weighted by molar-refractivity contribution is 5.81. The number of nitrogen functional groups attached to an aromatic ring is 1. The van der Waals surface area contributed by atoms with Gasteiger partial charge in [0.2, 0.25) is 11.9 Å². The van der Waals surface area contributed by atoms with E-state index in [9.17, 15) is 10.1 Å². The van der Waals surface area contributed by atoms with Crippen LogP contribution in [0.2, 0.25) is 0 Å². The first-order valence-corrected chi connectivity index (χ1v) is 3.31. The van der Waals surface area contributed by atoms with Crippen LogP contribution in [0, 0.1) is 10.1 Å². The molecule has 1 aromatic rings. The quantitative estimate of drug-likeness (QED) is 0.122. The van der Waals surface area contributed by atoms with Crippen molar-refractivity contribution in [2.75, 3.05) is 5.73 Å². The molecular formula is C3H4N10O2. The van der Waals surface area contributed by atoms with Crippen LogP contribution in [0.15, 0.2) is 10.2 Å². The lowest BCUT2D eigenvalue weighted by Gasteiger charge is -1.94. The highest BCUT2D eigenvalue weighted by atomic mass is 16.7. The van der Waals surface area contributed by atoms with Gasteiger partial charge in [-0.15, -0.1) is 5.10 Å². The Labute approximate surface area is 81.0 Å². The topological polar surface area (TPSA) is 187 Å². The summed E-state index contributed by atoms with van der Waals surface area (Å²) in [5, 5.41) is 18.2. The lowest BCUT2D eigenvalue weighted by Crippen LogP contribution is -2.26. The summed E-state index contributed by atoms with van der Waals surface area (Å²) in [5.41, 5.74) is 18.5. The van der Waals surface area contributed by atoms with E-state index in [1.54, 1.807) is 0 Å². The van der Waals surface area contributed by atoms with E-state index in [2.05, 4.69) is 25.2 Å². The summed E-state index contributed by atoms with van der Waals surface area (Å²) in [6.45, 7) is 0. The fourth-order valence-electron chi connectivity index (χ4n) is 0.690. The molecule has 0 atom stereocenters. The van der Waals surface area contributed by atoms with Crippen LogP contribution in [0.5, 0.6) is 0 Å². The second-order valence-corrected chi connectivity index (χ2v) is 2.07. The van der Waals surface area contributed by atoms with E-state index >= 15 is 0 Å². The van der Waals surface area contributed by atoms with E-state index in [0.29, 0.717) is 4.68 Å². The van der Waals surface area contributed by atoms with Gasteiger partial charge in [0.05, 0.1) is 0 Å². The van der Waals surface area contributed by atoms with E-state index in [4.69, 9.17) is 17.0 Å². The highest BCUT2D eigenvalue weighted by Crippen LogP contribution is 2.07. The summed E-state index contributed by atoms with van der Waals surface area (Å²) >= 11 is 0. The Morgan fingerprint density at radius 3 is 2.93 bits per heavy atom. The van der Waals surface area contributed by atoms with Crippen LogP contribution in [0.25, 0.3) is 10.4 Å². The highest BCUT2D eigenvalue weighted by Gasteiger charge is 2.11. The molecule has 78 valence electrons. The zero-order chi connectivity index (χ0) is 11.4. The SMILES string of the molecule is [N-]=[N+]=Nc1nc(N)n(/C(N)=N/[N+](=O)[O-])n1. The molecule has 12 heteroatoms.